The Morgan fingerprint density at radius 1 is 1.16 bits per heavy atom. The summed E-state index contributed by atoms with van der Waals surface area (Å²) in [5, 5.41) is 14.6. The maximum absolute atomic E-state index is 12.4. The van der Waals surface area contributed by atoms with E-state index in [2.05, 4.69) is 5.32 Å². The standard InChI is InChI=1S/C21H18N2O8/c1-12-13-5-2-3-6-16(13)31-20(12)21(25)30-11-19(24)22-14-9-17-18(10-15(14)23(26)27)29-8-4-7-28-17/h2-3,5-6,9-10H,4,7-8,11H2,1H3,(H,22,24). The van der Waals surface area contributed by atoms with E-state index in [1.165, 1.54) is 12.1 Å². The summed E-state index contributed by atoms with van der Waals surface area (Å²) in [6.45, 7) is 1.81. The van der Waals surface area contributed by atoms with Crippen molar-refractivity contribution in [2.45, 2.75) is 13.3 Å². The van der Waals surface area contributed by atoms with Gasteiger partial charge in [-0.2, -0.15) is 0 Å². The Morgan fingerprint density at radius 2 is 1.87 bits per heavy atom. The van der Waals surface area contributed by atoms with Crippen LogP contribution < -0.4 is 14.8 Å². The SMILES string of the molecule is Cc1c(C(=O)OCC(=O)Nc2cc3c(cc2[N+](=O)[O-])OCCCO3)oc2ccccc12. The van der Waals surface area contributed by atoms with Crippen LogP contribution in [0.25, 0.3) is 11.0 Å². The first kappa shape index (κ1) is 20.2. The molecular weight excluding hydrogens is 408 g/mol. The second kappa shape index (κ2) is 8.34. The molecule has 4 rings (SSSR count). The van der Waals surface area contributed by atoms with Gasteiger partial charge in [-0.1, -0.05) is 18.2 Å². The first-order chi connectivity index (χ1) is 14.9. The van der Waals surface area contributed by atoms with E-state index in [0.717, 1.165) is 5.39 Å². The molecule has 1 aromatic heterocycles. The third kappa shape index (κ3) is 4.13. The summed E-state index contributed by atoms with van der Waals surface area (Å²) in [6.07, 6.45) is 0.626. The number of aryl methyl sites for hydroxylation is 1. The van der Waals surface area contributed by atoms with E-state index < -0.39 is 23.4 Å². The molecule has 10 heteroatoms. The average molecular weight is 426 g/mol. The van der Waals surface area contributed by atoms with Crippen molar-refractivity contribution >= 4 is 34.2 Å². The summed E-state index contributed by atoms with van der Waals surface area (Å²) in [6, 6.07) is 9.63. The maximum Gasteiger partial charge on any atom is 0.375 e. The Kier molecular flexibility index (Phi) is 5.44. The largest absolute Gasteiger partial charge is 0.489 e. The molecule has 0 fully saturated rings. The van der Waals surface area contributed by atoms with Crippen molar-refractivity contribution in [3.8, 4) is 11.5 Å². The van der Waals surface area contributed by atoms with E-state index in [1.54, 1.807) is 25.1 Å². The molecule has 0 atom stereocenters. The number of amides is 1. The first-order valence-electron chi connectivity index (χ1n) is 9.47. The Labute approximate surface area is 175 Å². The van der Waals surface area contributed by atoms with Gasteiger partial charge in [-0.3, -0.25) is 14.9 Å². The highest BCUT2D eigenvalue weighted by Gasteiger charge is 2.24. The van der Waals surface area contributed by atoms with Crippen LogP contribution in [0.15, 0.2) is 40.8 Å². The predicted molar refractivity (Wildman–Crippen MR) is 109 cm³/mol. The lowest BCUT2D eigenvalue weighted by Gasteiger charge is -2.11. The van der Waals surface area contributed by atoms with E-state index in [0.29, 0.717) is 30.8 Å². The van der Waals surface area contributed by atoms with Gasteiger partial charge >= 0.3 is 5.97 Å². The number of hydrogen-bond donors (Lipinski definition) is 1. The van der Waals surface area contributed by atoms with E-state index in [-0.39, 0.29) is 28.6 Å². The van der Waals surface area contributed by atoms with Crippen molar-refractivity contribution in [2.24, 2.45) is 0 Å². The molecule has 1 N–H and O–H groups in total. The van der Waals surface area contributed by atoms with Crippen LogP contribution in [0.3, 0.4) is 0 Å². The maximum atomic E-state index is 12.4. The molecule has 1 aliphatic rings. The molecule has 10 nitrogen and oxygen atoms in total. The number of benzene rings is 2. The van der Waals surface area contributed by atoms with Crippen molar-refractivity contribution in [2.75, 3.05) is 25.1 Å². The average Bonchev–Trinajstić information content (AvgIpc) is 2.93. The molecule has 1 amide bonds. The molecule has 0 aliphatic carbocycles. The van der Waals surface area contributed by atoms with Gasteiger partial charge < -0.3 is 23.9 Å². The zero-order valence-corrected chi connectivity index (χ0v) is 16.5. The van der Waals surface area contributed by atoms with Gasteiger partial charge in [-0.25, -0.2) is 4.79 Å². The van der Waals surface area contributed by atoms with Crippen LogP contribution in [0.2, 0.25) is 0 Å². The number of carbonyl (C=O) groups is 2. The fourth-order valence-electron chi connectivity index (χ4n) is 3.20. The first-order valence-corrected chi connectivity index (χ1v) is 9.47. The summed E-state index contributed by atoms with van der Waals surface area (Å²) in [5.41, 5.74) is 0.672. The van der Waals surface area contributed by atoms with Crippen LogP contribution in [0.5, 0.6) is 11.5 Å². The monoisotopic (exact) mass is 426 g/mol. The lowest BCUT2D eigenvalue weighted by molar-refractivity contribution is -0.384. The molecule has 2 heterocycles. The predicted octanol–water partition coefficient (Wildman–Crippen LogP) is 3.61. The van der Waals surface area contributed by atoms with Gasteiger partial charge in [-0.05, 0) is 13.0 Å². The third-order valence-corrected chi connectivity index (χ3v) is 4.70. The number of nitrogens with one attached hydrogen (secondary N) is 1. The van der Waals surface area contributed by atoms with Crippen LogP contribution in [-0.2, 0) is 9.53 Å². The van der Waals surface area contributed by atoms with E-state index in [4.69, 9.17) is 18.6 Å². The van der Waals surface area contributed by atoms with Crippen LogP contribution in [0.4, 0.5) is 11.4 Å². The Balaban J connectivity index is 1.47. The smallest absolute Gasteiger partial charge is 0.375 e. The number of nitro groups is 1. The highest BCUT2D eigenvalue weighted by atomic mass is 16.6. The zero-order valence-electron chi connectivity index (χ0n) is 16.5. The minimum Gasteiger partial charge on any atom is -0.489 e. The van der Waals surface area contributed by atoms with Gasteiger partial charge in [0.2, 0.25) is 5.76 Å². The lowest BCUT2D eigenvalue weighted by Crippen LogP contribution is -2.21. The number of rotatable bonds is 5. The summed E-state index contributed by atoms with van der Waals surface area (Å²) < 4.78 is 21.5. The third-order valence-electron chi connectivity index (χ3n) is 4.70. The summed E-state index contributed by atoms with van der Waals surface area (Å²) >= 11 is 0. The van der Waals surface area contributed by atoms with Crippen molar-refractivity contribution in [1.82, 2.24) is 0 Å². The second-order valence-electron chi connectivity index (χ2n) is 6.80. The number of nitro benzene ring substituents is 1. The van der Waals surface area contributed by atoms with E-state index >= 15 is 0 Å². The molecule has 0 saturated heterocycles. The number of fused-ring (bicyclic) bond motifs is 2. The second-order valence-corrected chi connectivity index (χ2v) is 6.80. The number of esters is 1. The number of furan rings is 1. The Bertz CT molecular complexity index is 1180. The van der Waals surface area contributed by atoms with Crippen LogP contribution in [0, 0.1) is 17.0 Å². The van der Waals surface area contributed by atoms with Gasteiger partial charge in [0, 0.05) is 23.4 Å². The van der Waals surface area contributed by atoms with Crippen molar-refractivity contribution in [3.63, 3.8) is 0 Å². The normalized spacial score (nSPS) is 12.8. The molecule has 0 spiro atoms. The fraction of sp³-hybridized carbons (Fsp3) is 0.238. The molecule has 1 aliphatic heterocycles. The number of nitrogens with zero attached hydrogens (tertiary/aromatic N) is 1. The summed E-state index contributed by atoms with van der Waals surface area (Å²) in [7, 11) is 0. The van der Waals surface area contributed by atoms with E-state index in [1.807, 2.05) is 6.07 Å². The molecule has 0 radical (unpaired) electrons. The number of anilines is 1. The van der Waals surface area contributed by atoms with Crippen LogP contribution >= 0.6 is 0 Å². The van der Waals surface area contributed by atoms with Gasteiger partial charge in [0.05, 0.1) is 24.2 Å². The van der Waals surface area contributed by atoms with Gasteiger partial charge in [0.25, 0.3) is 11.6 Å². The fourth-order valence-corrected chi connectivity index (χ4v) is 3.20. The number of para-hydroxylation sites is 1. The molecule has 0 unspecified atom stereocenters. The van der Waals surface area contributed by atoms with Gasteiger partial charge in [0.1, 0.15) is 11.3 Å². The Hall–Kier alpha value is -4.08. The van der Waals surface area contributed by atoms with Crippen molar-refractivity contribution < 1.29 is 33.1 Å². The minimum atomic E-state index is -0.808. The molecule has 31 heavy (non-hydrogen) atoms. The number of carbonyl (C=O) groups excluding carboxylic acids is 2. The van der Waals surface area contributed by atoms with Crippen LogP contribution in [-0.4, -0.2) is 36.6 Å². The minimum absolute atomic E-state index is 0.00411. The van der Waals surface area contributed by atoms with E-state index in [9.17, 15) is 19.7 Å². The Morgan fingerprint density at radius 3 is 2.58 bits per heavy atom. The topological polar surface area (TPSA) is 130 Å². The highest BCUT2D eigenvalue weighted by molar-refractivity contribution is 5.99. The molecule has 3 aromatic rings. The molecule has 160 valence electrons. The zero-order chi connectivity index (χ0) is 22.0. The number of ether oxygens (including phenoxy) is 3. The molecule has 0 saturated carbocycles. The summed E-state index contributed by atoms with van der Waals surface area (Å²) in [4.78, 5) is 35.4. The van der Waals surface area contributed by atoms with Crippen LogP contribution in [0.1, 0.15) is 22.5 Å². The number of hydrogen-bond acceptors (Lipinski definition) is 8. The quantitative estimate of drug-likeness (QED) is 0.372. The summed E-state index contributed by atoms with van der Waals surface area (Å²) in [5.74, 6) is -1.05. The molecule has 0 bridgehead atoms. The lowest BCUT2D eigenvalue weighted by atomic mass is 10.1. The molecule has 2 aromatic carbocycles. The van der Waals surface area contributed by atoms with Gasteiger partial charge in [-0.15, -0.1) is 0 Å². The van der Waals surface area contributed by atoms with Crippen molar-refractivity contribution in [1.29, 1.82) is 0 Å². The highest BCUT2D eigenvalue weighted by Crippen LogP contribution is 2.39. The van der Waals surface area contributed by atoms with Crippen molar-refractivity contribution in [3.05, 3.63) is 57.8 Å². The van der Waals surface area contributed by atoms with Gasteiger partial charge in [0.15, 0.2) is 18.1 Å². The molecular formula is C21H18N2O8.